The summed E-state index contributed by atoms with van der Waals surface area (Å²) in [4.78, 5) is 14.9. The molecule has 5 nitrogen and oxygen atoms in total. The van der Waals surface area contributed by atoms with Gasteiger partial charge in [0.25, 0.3) is 0 Å². The van der Waals surface area contributed by atoms with Crippen molar-refractivity contribution in [2.75, 3.05) is 29.9 Å². The fraction of sp³-hybridized carbons (Fsp3) is 0.769. The first-order valence-corrected chi connectivity index (χ1v) is 7.40. The van der Waals surface area contributed by atoms with E-state index in [1.165, 1.54) is 19.3 Å². The Hall–Kier alpha value is -1.10. The highest BCUT2D eigenvalue weighted by Gasteiger charge is 2.40. The molecule has 1 aromatic rings. The molecule has 0 unspecified atom stereocenters. The van der Waals surface area contributed by atoms with Crippen molar-refractivity contribution in [2.24, 2.45) is 5.41 Å². The van der Waals surface area contributed by atoms with Crippen LogP contribution in [-0.2, 0) is 0 Å². The number of nitrogens with one attached hydrogen (secondary N) is 1. The van der Waals surface area contributed by atoms with E-state index in [2.05, 4.69) is 45.9 Å². The first-order valence-electron chi connectivity index (χ1n) is 7.03. The molecule has 1 aliphatic carbocycles. The van der Waals surface area contributed by atoms with Crippen LogP contribution in [0.15, 0.2) is 0 Å². The Morgan fingerprint density at radius 1 is 1.16 bits per heavy atom. The van der Waals surface area contributed by atoms with E-state index in [0.29, 0.717) is 17.3 Å². The fourth-order valence-corrected chi connectivity index (χ4v) is 2.32. The Morgan fingerprint density at radius 3 is 2.37 bits per heavy atom. The van der Waals surface area contributed by atoms with Gasteiger partial charge in [-0.2, -0.15) is 15.0 Å². The maximum atomic E-state index is 5.98. The van der Waals surface area contributed by atoms with Crippen molar-refractivity contribution in [1.29, 1.82) is 0 Å². The average Bonchev–Trinajstić information content (AvgIpc) is 3.18. The second-order valence-corrected chi connectivity index (χ2v) is 5.45. The summed E-state index contributed by atoms with van der Waals surface area (Å²) in [7, 11) is 0. The Balaban J connectivity index is 2.08. The smallest absolute Gasteiger partial charge is 0.231 e. The average molecular weight is 284 g/mol. The number of nitrogens with zero attached hydrogens (tertiary/aromatic N) is 4. The van der Waals surface area contributed by atoms with Crippen LogP contribution < -0.4 is 10.2 Å². The van der Waals surface area contributed by atoms with Crippen molar-refractivity contribution in [3.63, 3.8) is 0 Å². The van der Waals surface area contributed by atoms with Crippen LogP contribution in [0.1, 0.15) is 40.0 Å². The SMILES string of the molecule is CCN(CC)c1nc(Cl)nc(NCC2(CC)CC2)n1. The number of hydrogen-bond acceptors (Lipinski definition) is 5. The summed E-state index contributed by atoms with van der Waals surface area (Å²) in [6.07, 6.45) is 3.78. The summed E-state index contributed by atoms with van der Waals surface area (Å²) < 4.78 is 0. The normalized spacial score (nSPS) is 16.2. The minimum atomic E-state index is 0.251. The van der Waals surface area contributed by atoms with E-state index in [4.69, 9.17) is 11.6 Å². The zero-order valence-corrected chi connectivity index (χ0v) is 12.7. The quantitative estimate of drug-likeness (QED) is 0.834. The molecule has 1 saturated carbocycles. The molecule has 1 aliphatic rings. The number of aromatic nitrogens is 3. The largest absolute Gasteiger partial charge is 0.353 e. The maximum Gasteiger partial charge on any atom is 0.231 e. The van der Waals surface area contributed by atoms with Gasteiger partial charge in [0, 0.05) is 19.6 Å². The van der Waals surface area contributed by atoms with Gasteiger partial charge in [0.15, 0.2) is 0 Å². The van der Waals surface area contributed by atoms with Crippen LogP contribution in [0.2, 0.25) is 5.28 Å². The topological polar surface area (TPSA) is 53.9 Å². The summed E-state index contributed by atoms with van der Waals surface area (Å²) in [6.45, 7) is 9.01. The number of halogens is 1. The van der Waals surface area contributed by atoms with Crippen LogP contribution in [0.5, 0.6) is 0 Å². The molecule has 1 aromatic heterocycles. The maximum absolute atomic E-state index is 5.98. The molecule has 1 fully saturated rings. The van der Waals surface area contributed by atoms with Gasteiger partial charge in [0.1, 0.15) is 0 Å². The van der Waals surface area contributed by atoms with Gasteiger partial charge in [0.05, 0.1) is 0 Å². The summed E-state index contributed by atoms with van der Waals surface area (Å²) in [5, 5.41) is 3.56. The summed E-state index contributed by atoms with van der Waals surface area (Å²) >= 11 is 5.98. The van der Waals surface area contributed by atoms with E-state index in [1.54, 1.807) is 0 Å². The molecular formula is C13H22ClN5. The molecule has 0 amide bonds. The van der Waals surface area contributed by atoms with Crippen molar-refractivity contribution in [3.8, 4) is 0 Å². The summed E-state index contributed by atoms with van der Waals surface area (Å²) in [6, 6.07) is 0. The molecule has 0 aliphatic heterocycles. The third-order valence-corrected chi connectivity index (χ3v) is 4.14. The first-order chi connectivity index (χ1) is 9.12. The molecule has 0 aromatic carbocycles. The molecule has 106 valence electrons. The van der Waals surface area contributed by atoms with Gasteiger partial charge in [-0.25, -0.2) is 0 Å². The van der Waals surface area contributed by atoms with Gasteiger partial charge in [-0.3, -0.25) is 0 Å². The molecule has 1 heterocycles. The van der Waals surface area contributed by atoms with Gasteiger partial charge < -0.3 is 10.2 Å². The molecule has 1 N–H and O–H groups in total. The lowest BCUT2D eigenvalue weighted by Gasteiger charge is -2.19. The Labute approximate surface area is 119 Å². The Morgan fingerprint density at radius 2 is 1.84 bits per heavy atom. The zero-order chi connectivity index (χ0) is 13.9. The van der Waals surface area contributed by atoms with Crippen molar-refractivity contribution in [1.82, 2.24) is 15.0 Å². The Kier molecular flexibility index (Phi) is 4.45. The fourth-order valence-electron chi connectivity index (χ4n) is 2.17. The summed E-state index contributed by atoms with van der Waals surface area (Å²) in [5.74, 6) is 1.23. The number of rotatable bonds is 7. The lowest BCUT2D eigenvalue weighted by atomic mass is 10.0. The molecule has 6 heteroatoms. The van der Waals surface area contributed by atoms with E-state index in [-0.39, 0.29) is 5.28 Å². The lowest BCUT2D eigenvalue weighted by Crippen LogP contribution is -2.25. The van der Waals surface area contributed by atoms with Gasteiger partial charge in [-0.1, -0.05) is 6.92 Å². The molecule has 0 radical (unpaired) electrons. The van der Waals surface area contributed by atoms with Crippen LogP contribution >= 0.6 is 11.6 Å². The van der Waals surface area contributed by atoms with Crippen LogP contribution in [0, 0.1) is 5.41 Å². The molecular weight excluding hydrogens is 262 g/mol. The highest BCUT2D eigenvalue weighted by molar-refractivity contribution is 6.28. The molecule has 0 saturated heterocycles. The van der Waals surface area contributed by atoms with Crippen LogP contribution in [0.4, 0.5) is 11.9 Å². The third kappa shape index (κ3) is 3.47. The summed E-state index contributed by atoms with van der Waals surface area (Å²) in [5.41, 5.74) is 0.453. The molecule has 0 spiro atoms. The van der Waals surface area contributed by atoms with E-state index >= 15 is 0 Å². The van der Waals surface area contributed by atoms with Crippen molar-refractivity contribution in [3.05, 3.63) is 5.28 Å². The van der Waals surface area contributed by atoms with Crippen molar-refractivity contribution >= 4 is 23.5 Å². The number of hydrogen-bond donors (Lipinski definition) is 1. The van der Waals surface area contributed by atoms with Gasteiger partial charge in [0.2, 0.25) is 17.2 Å². The number of anilines is 2. The van der Waals surface area contributed by atoms with Crippen LogP contribution in [0.25, 0.3) is 0 Å². The minimum Gasteiger partial charge on any atom is -0.353 e. The predicted octanol–water partition coefficient (Wildman–Crippen LogP) is 2.97. The van der Waals surface area contributed by atoms with E-state index in [9.17, 15) is 0 Å². The molecule has 2 rings (SSSR count). The highest BCUT2D eigenvalue weighted by atomic mass is 35.5. The standard InChI is InChI=1S/C13H22ClN5/c1-4-13(7-8-13)9-15-11-16-10(14)17-12(18-11)19(5-2)6-3/h4-9H2,1-3H3,(H,15,16,17,18). The van der Waals surface area contributed by atoms with Gasteiger partial charge in [-0.05, 0) is 50.1 Å². The van der Waals surface area contributed by atoms with Crippen LogP contribution in [0.3, 0.4) is 0 Å². The van der Waals surface area contributed by atoms with E-state index in [0.717, 1.165) is 19.6 Å². The third-order valence-electron chi connectivity index (χ3n) is 3.97. The van der Waals surface area contributed by atoms with Gasteiger partial charge in [-0.15, -0.1) is 0 Å². The second kappa shape index (κ2) is 5.90. The highest BCUT2D eigenvalue weighted by Crippen LogP contribution is 2.48. The molecule has 19 heavy (non-hydrogen) atoms. The van der Waals surface area contributed by atoms with Gasteiger partial charge >= 0.3 is 0 Å². The van der Waals surface area contributed by atoms with Crippen LogP contribution in [-0.4, -0.2) is 34.6 Å². The van der Waals surface area contributed by atoms with E-state index < -0.39 is 0 Å². The molecule has 0 bridgehead atoms. The zero-order valence-electron chi connectivity index (χ0n) is 11.9. The van der Waals surface area contributed by atoms with Crippen molar-refractivity contribution in [2.45, 2.75) is 40.0 Å². The van der Waals surface area contributed by atoms with E-state index in [1.807, 2.05) is 0 Å². The lowest BCUT2D eigenvalue weighted by molar-refractivity contribution is 0.519. The predicted molar refractivity (Wildman–Crippen MR) is 78.8 cm³/mol. The Bertz CT molecular complexity index is 429. The minimum absolute atomic E-state index is 0.251. The molecule has 0 atom stereocenters. The second-order valence-electron chi connectivity index (χ2n) is 5.11. The van der Waals surface area contributed by atoms with Crippen molar-refractivity contribution < 1.29 is 0 Å². The monoisotopic (exact) mass is 283 g/mol. The first kappa shape index (κ1) is 14.3.